The fourth-order valence-corrected chi connectivity index (χ4v) is 2.42. The summed E-state index contributed by atoms with van der Waals surface area (Å²) in [5, 5.41) is 3.53. The maximum absolute atomic E-state index is 12.2. The Bertz CT molecular complexity index is 519. The lowest BCUT2D eigenvalue weighted by atomic mass is 10.1. The van der Waals surface area contributed by atoms with Crippen molar-refractivity contribution >= 4 is 17.3 Å². The van der Waals surface area contributed by atoms with Crippen LogP contribution in [0.2, 0.25) is 0 Å². The average molecular weight is 273 g/mol. The van der Waals surface area contributed by atoms with Crippen molar-refractivity contribution in [1.29, 1.82) is 0 Å². The van der Waals surface area contributed by atoms with Gasteiger partial charge in [0, 0.05) is 35.9 Å². The molecule has 6 nitrogen and oxygen atoms in total. The molecule has 1 amide bonds. The van der Waals surface area contributed by atoms with Crippen LogP contribution in [-0.2, 0) is 4.79 Å². The first-order valence-corrected chi connectivity index (χ1v) is 6.78. The molecular formula is C14H19N5O. The minimum absolute atomic E-state index is 0.119. The van der Waals surface area contributed by atoms with Crippen LogP contribution >= 0.6 is 0 Å². The Morgan fingerprint density at radius 2 is 2.00 bits per heavy atom. The smallest absolute Gasteiger partial charge is 0.241 e. The molecule has 106 valence electrons. The molecule has 0 spiro atoms. The highest BCUT2D eigenvalue weighted by Gasteiger charge is 2.25. The number of hydrogen-bond acceptors (Lipinski definition) is 3. The Hall–Kier alpha value is -2.04. The number of piperazine rings is 1. The van der Waals surface area contributed by atoms with E-state index in [-0.39, 0.29) is 5.91 Å². The molecule has 20 heavy (non-hydrogen) atoms. The van der Waals surface area contributed by atoms with E-state index in [9.17, 15) is 4.79 Å². The number of anilines is 1. The molecule has 6 heteroatoms. The topological polar surface area (TPSA) is 72.3 Å². The third-order valence-corrected chi connectivity index (χ3v) is 3.24. The van der Waals surface area contributed by atoms with Crippen LogP contribution in [0.4, 0.5) is 11.4 Å². The van der Waals surface area contributed by atoms with Crippen molar-refractivity contribution in [1.82, 2.24) is 4.90 Å². The van der Waals surface area contributed by atoms with E-state index in [1.807, 2.05) is 12.1 Å². The molecular weight excluding hydrogens is 254 g/mol. The summed E-state index contributed by atoms with van der Waals surface area (Å²) in [7, 11) is 0. The molecule has 0 unspecified atom stereocenters. The average Bonchev–Trinajstić information content (AvgIpc) is 2.40. The van der Waals surface area contributed by atoms with Crippen LogP contribution < -0.4 is 4.90 Å². The Morgan fingerprint density at radius 1 is 1.30 bits per heavy atom. The maximum Gasteiger partial charge on any atom is 0.241 e. The van der Waals surface area contributed by atoms with E-state index in [4.69, 9.17) is 5.53 Å². The van der Waals surface area contributed by atoms with Crippen molar-refractivity contribution in [3.63, 3.8) is 0 Å². The van der Waals surface area contributed by atoms with E-state index in [0.717, 1.165) is 18.8 Å². The Balaban J connectivity index is 2.03. The monoisotopic (exact) mass is 273 g/mol. The molecule has 1 aliphatic heterocycles. The van der Waals surface area contributed by atoms with Gasteiger partial charge in [0.15, 0.2) is 0 Å². The highest BCUT2D eigenvalue weighted by Crippen LogP contribution is 2.21. The molecule has 2 rings (SSSR count). The fraction of sp³-hybridized carbons (Fsp3) is 0.500. The van der Waals surface area contributed by atoms with Crippen molar-refractivity contribution < 1.29 is 4.79 Å². The summed E-state index contributed by atoms with van der Waals surface area (Å²) >= 11 is 0. The van der Waals surface area contributed by atoms with Gasteiger partial charge in [0.1, 0.15) is 0 Å². The number of rotatable bonds is 4. The summed E-state index contributed by atoms with van der Waals surface area (Å²) in [5.41, 5.74) is 9.78. The SMILES string of the molecule is CC(C)CN1CCN(c2ccc(N=[N+]=[N-])cc2)C(=O)C1. The predicted octanol–water partition coefficient (Wildman–Crippen LogP) is 2.93. The summed E-state index contributed by atoms with van der Waals surface area (Å²) < 4.78 is 0. The Labute approximate surface area is 118 Å². The zero-order valence-corrected chi connectivity index (χ0v) is 11.9. The molecule has 1 aromatic rings. The molecule has 0 saturated carbocycles. The van der Waals surface area contributed by atoms with Crippen molar-refractivity contribution in [2.45, 2.75) is 13.8 Å². The quantitative estimate of drug-likeness (QED) is 0.480. The number of amides is 1. The van der Waals surface area contributed by atoms with Gasteiger partial charge in [-0.15, -0.1) is 0 Å². The molecule has 1 aromatic carbocycles. The molecule has 0 aromatic heterocycles. The Morgan fingerprint density at radius 3 is 2.55 bits per heavy atom. The molecule has 1 saturated heterocycles. The zero-order chi connectivity index (χ0) is 14.5. The second kappa shape index (κ2) is 6.41. The number of benzene rings is 1. The molecule has 0 atom stereocenters. The second-order valence-electron chi connectivity index (χ2n) is 5.38. The van der Waals surface area contributed by atoms with Crippen LogP contribution in [0.15, 0.2) is 29.4 Å². The van der Waals surface area contributed by atoms with Crippen LogP contribution in [0.1, 0.15) is 13.8 Å². The zero-order valence-electron chi connectivity index (χ0n) is 11.9. The number of hydrogen-bond donors (Lipinski definition) is 0. The normalized spacial score (nSPS) is 16.4. The number of nitrogens with zero attached hydrogens (tertiary/aromatic N) is 5. The van der Waals surface area contributed by atoms with Crippen LogP contribution in [0, 0.1) is 5.92 Å². The number of carbonyl (C=O) groups excluding carboxylic acids is 1. The summed E-state index contributed by atoms with van der Waals surface area (Å²) in [6.07, 6.45) is 0. The van der Waals surface area contributed by atoms with Gasteiger partial charge in [0.05, 0.1) is 6.54 Å². The van der Waals surface area contributed by atoms with Crippen LogP contribution in [-0.4, -0.2) is 37.0 Å². The minimum Gasteiger partial charge on any atom is -0.310 e. The first kappa shape index (κ1) is 14.4. The van der Waals surface area contributed by atoms with Crippen molar-refractivity contribution in [2.75, 3.05) is 31.1 Å². The molecule has 1 fully saturated rings. The Kier molecular flexibility index (Phi) is 4.61. The van der Waals surface area contributed by atoms with Gasteiger partial charge in [-0.1, -0.05) is 31.1 Å². The largest absolute Gasteiger partial charge is 0.310 e. The molecule has 1 heterocycles. The maximum atomic E-state index is 12.2. The van der Waals surface area contributed by atoms with Gasteiger partial charge in [-0.25, -0.2) is 0 Å². The summed E-state index contributed by atoms with van der Waals surface area (Å²) in [4.78, 5) is 18.9. The molecule has 0 bridgehead atoms. The lowest BCUT2D eigenvalue weighted by Crippen LogP contribution is -2.51. The molecule has 0 aliphatic carbocycles. The van der Waals surface area contributed by atoms with Crippen LogP contribution in [0.3, 0.4) is 0 Å². The van der Waals surface area contributed by atoms with E-state index in [1.54, 1.807) is 17.0 Å². The molecule has 0 N–H and O–H groups in total. The van der Waals surface area contributed by atoms with Gasteiger partial charge < -0.3 is 4.90 Å². The standard InChI is InChI=1S/C14H19N5O/c1-11(2)9-18-7-8-19(14(20)10-18)13-5-3-12(4-6-13)16-17-15/h3-6,11H,7-10H2,1-2H3. The van der Waals surface area contributed by atoms with Gasteiger partial charge in [-0.3, -0.25) is 9.69 Å². The van der Waals surface area contributed by atoms with E-state index >= 15 is 0 Å². The first-order valence-electron chi connectivity index (χ1n) is 6.78. The lowest BCUT2D eigenvalue weighted by Gasteiger charge is -2.35. The van der Waals surface area contributed by atoms with Gasteiger partial charge >= 0.3 is 0 Å². The molecule has 1 aliphatic rings. The van der Waals surface area contributed by atoms with Gasteiger partial charge in [0.25, 0.3) is 0 Å². The number of carbonyl (C=O) groups is 1. The first-order chi connectivity index (χ1) is 9.60. The van der Waals surface area contributed by atoms with E-state index in [1.165, 1.54) is 0 Å². The third kappa shape index (κ3) is 3.50. The number of azide groups is 1. The molecule has 0 radical (unpaired) electrons. The van der Waals surface area contributed by atoms with Crippen LogP contribution in [0.25, 0.3) is 10.4 Å². The van der Waals surface area contributed by atoms with Gasteiger partial charge in [-0.05, 0) is 23.6 Å². The van der Waals surface area contributed by atoms with Gasteiger partial charge in [-0.2, -0.15) is 0 Å². The van der Waals surface area contributed by atoms with E-state index in [0.29, 0.717) is 24.7 Å². The second-order valence-corrected chi connectivity index (χ2v) is 5.38. The van der Waals surface area contributed by atoms with Gasteiger partial charge in [0.2, 0.25) is 5.91 Å². The lowest BCUT2D eigenvalue weighted by molar-refractivity contribution is -0.121. The van der Waals surface area contributed by atoms with Crippen molar-refractivity contribution in [2.24, 2.45) is 11.0 Å². The van der Waals surface area contributed by atoms with Crippen LogP contribution in [0.5, 0.6) is 0 Å². The van der Waals surface area contributed by atoms with E-state index < -0.39 is 0 Å². The minimum atomic E-state index is 0.119. The fourth-order valence-electron chi connectivity index (χ4n) is 2.42. The highest BCUT2D eigenvalue weighted by molar-refractivity contribution is 5.95. The highest BCUT2D eigenvalue weighted by atomic mass is 16.2. The van der Waals surface area contributed by atoms with E-state index in [2.05, 4.69) is 28.8 Å². The van der Waals surface area contributed by atoms with Crippen molar-refractivity contribution in [3.8, 4) is 0 Å². The summed E-state index contributed by atoms with van der Waals surface area (Å²) in [6.45, 7) is 7.33. The predicted molar refractivity (Wildman–Crippen MR) is 78.9 cm³/mol. The van der Waals surface area contributed by atoms with Crippen molar-refractivity contribution in [3.05, 3.63) is 34.7 Å². The third-order valence-electron chi connectivity index (χ3n) is 3.24. The summed E-state index contributed by atoms with van der Waals surface area (Å²) in [6, 6.07) is 7.09. The summed E-state index contributed by atoms with van der Waals surface area (Å²) in [5.74, 6) is 0.686.